The summed E-state index contributed by atoms with van der Waals surface area (Å²) in [6.45, 7) is 3.50. The quantitative estimate of drug-likeness (QED) is 0.318. The highest BCUT2D eigenvalue weighted by Crippen LogP contribution is 2.48. The second kappa shape index (κ2) is 12.3. The molecule has 2 aromatic carbocycles. The van der Waals surface area contributed by atoms with Crippen LogP contribution in [0.15, 0.2) is 41.3 Å². The molecule has 0 spiro atoms. The van der Waals surface area contributed by atoms with Gasteiger partial charge < -0.3 is 39.6 Å². The Morgan fingerprint density at radius 1 is 1.15 bits per heavy atom. The molecule has 2 amide bonds. The van der Waals surface area contributed by atoms with E-state index in [-0.39, 0.29) is 47.8 Å². The van der Waals surface area contributed by atoms with E-state index in [4.69, 9.17) is 9.47 Å². The van der Waals surface area contributed by atoms with Crippen molar-refractivity contribution in [1.82, 2.24) is 14.8 Å². The number of carboxylic acids is 1. The van der Waals surface area contributed by atoms with Crippen LogP contribution in [0, 0.1) is 11.7 Å². The second-order valence-electron chi connectivity index (χ2n) is 12.5. The number of nitrogens with one attached hydrogen (secondary N) is 2. The van der Waals surface area contributed by atoms with Crippen molar-refractivity contribution >= 4 is 40.2 Å². The highest BCUT2D eigenvalue weighted by Gasteiger charge is 2.52. The number of aromatic nitrogens is 1. The molecule has 13 heteroatoms. The molecule has 1 aliphatic carbocycles. The third kappa shape index (κ3) is 5.63. The maximum atomic E-state index is 16.0. The molecular weight excluding hydrogens is 597 g/mol. The summed E-state index contributed by atoms with van der Waals surface area (Å²) in [6, 6.07) is 8.19. The number of aromatic carboxylic acids is 1. The Morgan fingerprint density at radius 2 is 1.89 bits per heavy atom. The van der Waals surface area contributed by atoms with E-state index in [2.05, 4.69) is 10.6 Å². The first-order valence-corrected chi connectivity index (χ1v) is 15.5. The van der Waals surface area contributed by atoms with E-state index >= 15 is 4.39 Å². The van der Waals surface area contributed by atoms with E-state index < -0.39 is 34.4 Å². The van der Waals surface area contributed by atoms with Gasteiger partial charge in [0.1, 0.15) is 17.9 Å². The van der Waals surface area contributed by atoms with E-state index in [9.17, 15) is 24.3 Å². The van der Waals surface area contributed by atoms with Crippen LogP contribution < -0.4 is 25.7 Å². The van der Waals surface area contributed by atoms with Crippen molar-refractivity contribution in [3.63, 3.8) is 0 Å². The number of likely N-dealkylation sites (N-methyl/N-ethyl adjacent to an activating group) is 1. The number of carbonyl (C=O) groups is 3. The predicted molar refractivity (Wildman–Crippen MR) is 169 cm³/mol. The van der Waals surface area contributed by atoms with Gasteiger partial charge in [-0.25, -0.2) is 14.0 Å². The fraction of sp³-hybridized carbons (Fsp3) is 0.455. The molecule has 3 fully saturated rings. The minimum atomic E-state index is -1.36. The van der Waals surface area contributed by atoms with Crippen molar-refractivity contribution < 1.29 is 33.4 Å². The number of ether oxygens (including phenoxy) is 2. The number of rotatable bonds is 9. The summed E-state index contributed by atoms with van der Waals surface area (Å²) in [5.41, 5.74) is 0.148. The molecule has 3 aliphatic rings. The zero-order chi connectivity index (χ0) is 32.7. The summed E-state index contributed by atoms with van der Waals surface area (Å²) in [5.74, 6) is -2.01. The number of fused-ring (bicyclic) bond motifs is 2. The van der Waals surface area contributed by atoms with Crippen LogP contribution in [0.2, 0.25) is 0 Å². The lowest BCUT2D eigenvalue weighted by atomic mass is 9.81. The molecule has 1 saturated carbocycles. The van der Waals surface area contributed by atoms with Crippen LogP contribution in [-0.2, 0) is 16.1 Å². The average molecular weight is 636 g/mol. The first-order valence-electron chi connectivity index (χ1n) is 15.5. The number of benzene rings is 2. The number of likely N-dealkylation sites (tertiary alicyclic amines) is 1. The molecule has 3 aromatic rings. The number of pyridine rings is 1. The average Bonchev–Trinajstić information content (AvgIpc) is 3.80. The van der Waals surface area contributed by atoms with Crippen LogP contribution in [0.25, 0.3) is 10.9 Å². The van der Waals surface area contributed by atoms with E-state index in [1.54, 1.807) is 40.8 Å². The molecule has 0 radical (unpaired) electrons. The van der Waals surface area contributed by atoms with Gasteiger partial charge in [-0.15, -0.1) is 0 Å². The zero-order valence-electron chi connectivity index (χ0n) is 26.1. The Hall–Kier alpha value is -4.65. The topological polar surface area (TPSA) is 142 Å². The zero-order valence-corrected chi connectivity index (χ0v) is 26.1. The molecule has 3 heterocycles. The summed E-state index contributed by atoms with van der Waals surface area (Å²) < 4.78 is 29.3. The molecular formula is C33H38FN5O7. The van der Waals surface area contributed by atoms with Gasteiger partial charge in [-0.2, -0.15) is 0 Å². The number of hydrogen-bond acceptors (Lipinski definition) is 8. The third-order valence-electron chi connectivity index (χ3n) is 9.43. The van der Waals surface area contributed by atoms with Crippen LogP contribution in [0.4, 0.5) is 20.6 Å². The van der Waals surface area contributed by atoms with Crippen LogP contribution in [0.5, 0.6) is 5.75 Å². The number of carbonyl (C=O) groups excluding carboxylic acids is 2. The Balaban J connectivity index is 1.25. The lowest BCUT2D eigenvalue weighted by Crippen LogP contribution is -2.58. The molecule has 6 rings (SSSR count). The Kier molecular flexibility index (Phi) is 8.36. The van der Waals surface area contributed by atoms with Gasteiger partial charge >= 0.3 is 12.1 Å². The molecule has 46 heavy (non-hydrogen) atoms. The second-order valence-corrected chi connectivity index (χ2v) is 12.5. The van der Waals surface area contributed by atoms with Crippen LogP contribution >= 0.6 is 0 Å². The van der Waals surface area contributed by atoms with Gasteiger partial charge in [0.2, 0.25) is 11.3 Å². The first-order chi connectivity index (χ1) is 22.0. The molecule has 0 unspecified atom stereocenters. The highest BCUT2D eigenvalue weighted by molar-refractivity contribution is 5.97. The maximum absolute atomic E-state index is 16.0. The molecule has 1 aromatic heterocycles. The Morgan fingerprint density at radius 3 is 2.54 bits per heavy atom. The number of hydrogen-bond donors (Lipinski definition) is 3. The molecule has 12 nitrogen and oxygen atoms in total. The largest absolute Gasteiger partial charge is 0.492 e. The lowest BCUT2D eigenvalue weighted by Gasteiger charge is -2.45. The third-order valence-corrected chi connectivity index (χ3v) is 9.43. The lowest BCUT2D eigenvalue weighted by molar-refractivity contribution is -0.115. The van der Waals surface area contributed by atoms with Gasteiger partial charge in [0.15, 0.2) is 11.6 Å². The smallest absolute Gasteiger partial charge is 0.410 e. The number of amides is 2. The maximum Gasteiger partial charge on any atom is 0.410 e. The van der Waals surface area contributed by atoms with Gasteiger partial charge in [-0.05, 0) is 63.4 Å². The van der Waals surface area contributed by atoms with Crippen LogP contribution in [0.1, 0.15) is 54.6 Å². The number of halogens is 1. The Bertz CT molecular complexity index is 1760. The van der Waals surface area contributed by atoms with Crippen molar-refractivity contribution in [3.05, 3.63) is 63.7 Å². The van der Waals surface area contributed by atoms with Gasteiger partial charge in [-0.1, -0.05) is 12.1 Å². The minimum Gasteiger partial charge on any atom is -0.492 e. The van der Waals surface area contributed by atoms with E-state index in [0.717, 1.165) is 37.3 Å². The molecule has 2 aliphatic heterocycles. The van der Waals surface area contributed by atoms with Gasteiger partial charge in [0.05, 0.1) is 30.1 Å². The van der Waals surface area contributed by atoms with Crippen LogP contribution in [0.3, 0.4) is 0 Å². The van der Waals surface area contributed by atoms with E-state index in [0.29, 0.717) is 30.8 Å². The fourth-order valence-corrected chi connectivity index (χ4v) is 6.97. The first kappa shape index (κ1) is 31.3. The number of carboxylic acid groups (broad SMARTS) is 1. The van der Waals surface area contributed by atoms with E-state index in [1.807, 2.05) is 11.8 Å². The van der Waals surface area contributed by atoms with Crippen molar-refractivity contribution in [2.75, 3.05) is 50.6 Å². The van der Waals surface area contributed by atoms with Crippen molar-refractivity contribution in [3.8, 4) is 5.75 Å². The van der Waals surface area contributed by atoms with Crippen molar-refractivity contribution in [2.45, 2.75) is 50.8 Å². The number of nitrogens with zero attached hydrogens (tertiary/aromatic N) is 3. The predicted octanol–water partition coefficient (Wildman–Crippen LogP) is 3.97. The number of methoxy groups -OCH3 is 1. The van der Waals surface area contributed by atoms with Crippen molar-refractivity contribution in [2.24, 2.45) is 5.92 Å². The summed E-state index contributed by atoms with van der Waals surface area (Å²) in [7, 11) is 3.11. The monoisotopic (exact) mass is 635 g/mol. The number of piperidine rings is 1. The molecule has 2 saturated heterocycles. The summed E-state index contributed by atoms with van der Waals surface area (Å²) in [5, 5.41) is 15.2. The molecule has 0 bridgehead atoms. The SMILES string of the molecule is CNCC(=O)Nc1ccc(COC(=O)N2CCC[C@H]3CN(c4c(F)cc5c(=O)c(C(=O)O)cn(C6CC6)c5c4OC)C[C@]32C)cc1. The van der Waals surface area contributed by atoms with Gasteiger partial charge in [0.25, 0.3) is 0 Å². The Labute approximate surface area is 265 Å². The van der Waals surface area contributed by atoms with E-state index in [1.165, 1.54) is 13.3 Å². The molecule has 3 N–H and O–H groups in total. The highest BCUT2D eigenvalue weighted by atomic mass is 19.1. The van der Waals surface area contributed by atoms with Crippen molar-refractivity contribution in [1.29, 1.82) is 0 Å². The van der Waals surface area contributed by atoms with Crippen LogP contribution in [-0.4, -0.2) is 78.4 Å². The standard InChI is InChI=1S/C33H38FN5O7/c1-33-18-37(28-25(34)13-23-27(30(28)45-3)38(22-10-11-22)16-24(29(23)41)31(42)43)15-20(33)5-4-12-39(33)32(44)46-17-19-6-8-21(9-7-19)36-26(40)14-35-2/h6-9,13,16,20,22,35H,4-5,10-12,14-15,17-18H2,1-3H3,(H,36,40)(H,42,43)/t20-,33+/m0/s1. The molecule has 2 atom stereocenters. The van der Waals surface area contributed by atoms with Gasteiger partial charge in [-0.3, -0.25) is 9.59 Å². The minimum absolute atomic E-state index is 0.00864. The summed E-state index contributed by atoms with van der Waals surface area (Å²) in [4.78, 5) is 53.9. The van der Waals surface area contributed by atoms with Gasteiger partial charge in [0, 0.05) is 43.5 Å². The molecule has 244 valence electrons. The number of anilines is 2. The summed E-state index contributed by atoms with van der Waals surface area (Å²) in [6.07, 6.45) is 4.10. The summed E-state index contributed by atoms with van der Waals surface area (Å²) >= 11 is 0. The normalized spacial score (nSPS) is 20.8. The fourth-order valence-electron chi connectivity index (χ4n) is 6.97.